The zero-order chi connectivity index (χ0) is 32.1. The van der Waals surface area contributed by atoms with Gasteiger partial charge in [0, 0.05) is 50.6 Å². The number of benzene rings is 1. The van der Waals surface area contributed by atoms with Gasteiger partial charge in [-0.2, -0.15) is 4.98 Å². The highest BCUT2D eigenvalue weighted by Crippen LogP contribution is 2.30. The number of anilines is 1. The Morgan fingerprint density at radius 1 is 1.18 bits per heavy atom. The van der Waals surface area contributed by atoms with Gasteiger partial charge in [-0.1, -0.05) is 32.0 Å². The monoisotopic (exact) mass is 623 g/mol. The van der Waals surface area contributed by atoms with Crippen molar-refractivity contribution in [3.63, 3.8) is 0 Å². The maximum atomic E-state index is 15.2. The number of nitrogens with one attached hydrogen (secondary N) is 1. The van der Waals surface area contributed by atoms with Crippen LogP contribution in [-0.2, 0) is 11.2 Å². The Bertz CT molecular complexity index is 1230. The summed E-state index contributed by atoms with van der Waals surface area (Å²) in [4.78, 5) is 20.7. The van der Waals surface area contributed by atoms with Gasteiger partial charge >= 0.3 is 12.1 Å². The van der Waals surface area contributed by atoms with Crippen molar-refractivity contribution in [1.82, 2.24) is 20.4 Å². The predicted molar refractivity (Wildman–Crippen MR) is 162 cm³/mol. The average molecular weight is 624 g/mol. The molecule has 1 aromatic carbocycles. The topological polar surface area (TPSA) is 93.0 Å². The molecule has 12 heteroatoms. The first-order valence-corrected chi connectivity index (χ1v) is 15.8. The van der Waals surface area contributed by atoms with E-state index in [9.17, 15) is 13.6 Å². The van der Waals surface area contributed by atoms with Crippen LogP contribution in [0.2, 0.25) is 0 Å². The highest BCUT2D eigenvalue weighted by atomic mass is 19.3. The van der Waals surface area contributed by atoms with Crippen LogP contribution in [0.15, 0.2) is 22.7 Å². The number of carbonyl (C=O) groups is 1. The molecular formula is C32H48F3N5O4. The maximum absolute atomic E-state index is 15.2. The number of likely N-dealkylation sites (tertiary alicyclic amines) is 1. The molecule has 2 aliphatic rings. The summed E-state index contributed by atoms with van der Waals surface area (Å²) >= 11 is 0. The van der Waals surface area contributed by atoms with Gasteiger partial charge in [-0.15, -0.1) is 0 Å². The van der Waals surface area contributed by atoms with Gasteiger partial charge in [0.05, 0.1) is 13.2 Å². The number of ether oxygens (including phenoxy) is 2. The van der Waals surface area contributed by atoms with Crippen molar-refractivity contribution in [3.8, 4) is 5.75 Å². The highest BCUT2D eigenvalue weighted by molar-refractivity contribution is 5.68. The van der Waals surface area contributed by atoms with Crippen molar-refractivity contribution in [2.45, 2.75) is 97.1 Å². The van der Waals surface area contributed by atoms with Crippen LogP contribution in [0.4, 0.5) is 24.0 Å². The van der Waals surface area contributed by atoms with Gasteiger partial charge in [0.1, 0.15) is 17.2 Å². The lowest BCUT2D eigenvalue weighted by Crippen LogP contribution is -2.46. The summed E-state index contributed by atoms with van der Waals surface area (Å²) in [6.45, 7) is 13.7. The highest BCUT2D eigenvalue weighted by Gasteiger charge is 2.39. The molecular weight excluding hydrogens is 575 g/mol. The molecule has 2 atom stereocenters. The number of halogens is 3. The zero-order valence-electron chi connectivity index (χ0n) is 26.9. The molecule has 2 aromatic rings. The van der Waals surface area contributed by atoms with Gasteiger partial charge in [0.15, 0.2) is 5.82 Å². The van der Waals surface area contributed by atoms with Crippen molar-refractivity contribution in [2.75, 3.05) is 44.2 Å². The van der Waals surface area contributed by atoms with Crippen LogP contribution in [0.25, 0.3) is 0 Å². The van der Waals surface area contributed by atoms with Crippen LogP contribution < -0.4 is 15.0 Å². The van der Waals surface area contributed by atoms with Gasteiger partial charge in [-0.3, -0.25) is 4.90 Å². The fourth-order valence-corrected chi connectivity index (χ4v) is 5.81. The molecule has 1 aromatic heterocycles. The number of amides is 1. The van der Waals surface area contributed by atoms with E-state index in [0.29, 0.717) is 35.8 Å². The van der Waals surface area contributed by atoms with Crippen LogP contribution in [-0.4, -0.2) is 78.0 Å². The molecule has 2 aliphatic heterocycles. The molecule has 3 heterocycles. The largest absolute Gasteiger partial charge is 0.493 e. The fraction of sp³-hybridized carbons (Fsp3) is 0.719. The Morgan fingerprint density at radius 3 is 2.50 bits per heavy atom. The molecule has 1 unspecified atom stereocenters. The summed E-state index contributed by atoms with van der Waals surface area (Å²) < 4.78 is 59.5. The number of hydrogen-bond donors (Lipinski definition) is 1. The van der Waals surface area contributed by atoms with E-state index in [0.717, 1.165) is 38.2 Å². The second-order valence-electron chi connectivity index (χ2n) is 13.7. The number of nitrogens with zero attached hydrogens (tertiary/aromatic N) is 4. The lowest BCUT2D eigenvalue weighted by atomic mass is 9.84. The molecule has 2 fully saturated rings. The second-order valence-corrected chi connectivity index (χ2v) is 13.7. The normalized spacial score (nSPS) is 19.3. The summed E-state index contributed by atoms with van der Waals surface area (Å²) in [7, 11) is 0. The van der Waals surface area contributed by atoms with Crippen molar-refractivity contribution >= 4 is 12.1 Å². The molecule has 44 heavy (non-hydrogen) atoms. The molecule has 0 spiro atoms. The molecule has 9 nitrogen and oxygen atoms in total. The second kappa shape index (κ2) is 14.4. The number of alkyl carbamates (subject to hydrolysis) is 1. The SMILES string of the molecule is CC(C)c1noc(N2CCC(C(C)CCOc3ccc(C[C@@H](CN4CCC(F)(F)C4)NC(=O)OC(C)(C)C)c(F)c3)CC2)n1. The Hall–Kier alpha value is -3.02. The summed E-state index contributed by atoms with van der Waals surface area (Å²) in [6.07, 6.45) is 2.13. The van der Waals surface area contributed by atoms with Gasteiger partial charge in [-0.05, 0) is 69.9 Å². The van der Waals surface area contributed by atoms with E-state index in [2.05, 4.69) is 27.3 Å². The first kappa shape index (κ1) is 33.9. The third kappa shape index (κ3) is 10.0. The smallest absolute Gasteiger partial charge is 0.407 e. The summed E-state index contributed by atoms with van der Waals surface area (Å²) in [6, 6.07) is 4.69. The van der Waals surface area contributed by atoms with E-state index in [1.54, 1.807) is 37.8 Å². The molecule has 1 amide bonds. The van der Waals surface area contributed by atoms with Gasteiger partial charge in [-0.25, -0.2) is 18.0 Å². The molecule has 1 N–H and O–H groups in total. The molecule has 0 saturated carbocycles. The molecule has 0 radical (unpaired) electrons. The van der Waals surface area contributed by atoms with Gasteiger partial charge < -0.3 is 24.2 Å². The number of aromatic nitrogens is 2. The Balaban J connectivity index is 1.26. The number of piperidine rings is 1. The third-order valence-electron chi connectivity index (χ3n) is 8.34. The minimum atomic E-state index is -2.76. The van der Waals surface area contributed by atoms with E-state index in [1.807, 2.05) is 13.8 Å². The molecule has 0 aliphatic carbocycles. The summed E-state index contributed by atoms with van der Waals surface area (Å²) in [5.41, 5.74) is -0.354. The van der Waals surface area contributed by atoms with Crippen LogP contribution in [0.3, 0.4) is 0 Å². The van der Waals surface area contributed by atoms with Crippen LogP contribution in [0, 0.1) is 17.7 Å². The first-order chi connectivity index (χ1) is 20.7. The van der Waals surface area contributed by atoms with E-state index >= 15 is 4.39 Å². The van der Waals surface area contributed by atoms with Crippen LogP contribution in [0.1, 0.15) is 84.5 Å². The van der Waals surface area contributed by atoms with Crippen LogP contribution in [0.5, 0.6) is 5.75 Å². The van der Waals surface area contributed by atoms with E-state index < -0.39 is 29.5 Å². The summed E-state index contributed by atoms with van der Waals surface area (Å²) in [5.74, 6) is -0.856. The van der Waals surface area contributed by atoms with Crippen molar-refractivity contribution in [3.05, 3.63) is 35.4 Å². The minimum absolute atomic E-state index is 0.130. The van der Waals surface area contributed by atoms with E-state index in [1.165, 1.54) is 6.07 Å². The quantitative estimate of drug-likeness (QED) is 0.289. The van der Waals surface area contributed by atoms with E-state index in [4.69, 9.17) is 14.0 Å². The summed E-state index contributed by atoms with van der Waals surface area (Å²) in [5, 5.41) is 6.82. The standard InChI is InChI=1S/C32H48F3N5O4/c1-21(2)28-37-29(44-38-28)40-13-9-23(10-14-40)22(3)11-16-42-26-8-7-24(27(33)18-26)17-25(36-30(41)43-31(4,5)6)19-39-15-12-32(34,35)20-39/h7-8,18,21-23,25H,9-17,19-20H2,1-6H3,(H,36,41)/t22?,25-/m0/s1. The number of alkyl halides is 2. The lowest BCUT2D eigenvalue weighted by Gasteiger charge is -2.33. The van der Waals surface area contributed by atoms with Gasteiger partial charge in [0.25, 0.3) is 5.92 Å². The molecule has 2 saturated heterocycles. The Kier molecular flexibility index (Phi) is 11.1. The average Bonchev–Trinajstić information content (AvgIpc) is 3.55. The third-order valence-corrected chi connectivity index (χ3v) is 8.34. The number of carbonyl (C=O) groups excluding carboxylic acids is 1. The number of hydrogen-bond acceptors (Lipinski definition) is 8. The van der Waals surface area contributed by atoms with Crippen molar-refractivity contribution in [1.29, 1.82) is 0 Å². The van der Waals surface area contributed by atoms with Crippen molar-refractivity contribution < 1.29 is 32.0 Å². The Morgan fingerprint density at radius 2 is 1.91 bits per heavy atom. The Labute approximate surface area is 258 Å². The fourth-order valence-electron chi connectivity index (χ4n) is 5.81. The maximum Gasteiger partial charge on any atom is 0.407 e. The van der Waals surface area contributed by atoms with Crippen LogP contribution >= 0.6 is 0 Å². The number of rotatable bonds is 12. The van der Waals surface area contributed by atoms with E-state index in [-0.39, 0.29) is 38.4 Å². The van der Waals surface area contributed by atoms with Crippen molar-refractivity contribution in [2.24, 2.45) is 11.8 Å². The predicted octanol–water partition coefficient (Wildman–Crippen LogP) is 6.43. The zero-order valence-corrected chi connectivity index (χ0v) is 26.9. The molecule has 0 bridgehead atoms. The molecule has 246 valence electrons. The minimum Gasteiger partial charge on any atom is -0.493 e. The van der Waals surface area contributed by atoms with Gasteiger partial charge in [0.2, 0.25) is 0 Å². The molecule has 4 rings (SSSR count). The lowest BCUT2D eigenvalue weighted by molar-refractivity contribution is 0.0112. The first-order valence-electron chi connectivity index (χ1n) is 15.8.